The van der Waals surface area contributed by atoms with Gasteiger partial charge in [0.05, 0.1) is 6.10 Å². The van der Waals surface area contributed by atoms with Crippen LogP contribution in [0.4, 0.5) is 0 Å². The molecule has 4 nitrogen and oxygen atoms in total. The van der Waals surface area contributed by atoms with Gasteiger partial charge in [0, 0.05) is 19.1 Å². The fraction of sp³-hybridized carbons (Fsp3) is 0.938. The number of hydrogen-bond acceptors (Lipinski definition) is 3. The Hall–Kier alpha value is -0.610. The van der Waals surface area contributed by atoms with Crippen molar-refractivity contribution >= 4 is 5.97 Å². The van der Waals surface area contributed by atoms with Crippen molar-refractivity contribution in [1.82, 2.24) is 4.90 Å². The minimum absolute atomic E-state index is 0.145. The molecule has 2 rings (SSSR count). The summed E-state index contributed by atoms with van der Waals surface area (Å²) < 4.78 is 5.41. The lowest BCUT2D eigenvalue weighted by Crippen LogP contribution is -2.45. The third kappa shape index (κ3) is 4.45. The van der Waals surface area contributed by atoms with Gasteiger partial charge in [-0.25, -0.2) is 4.79 Å². The molecule has 4 heteroatoms. The molecule has 0 aromatic rings. The van der Waals surface area contributed by atoms with Crippen LogP contribution in [-0.2, 0) is 9.53 Å². The van der Waals surface area contributed by atoms with Crippen LogP contribution < -0.4 is 0 Å². The molecule has 1 aliphatic carbocycles. The van der Waals surface area contributed by atoms with E-state index >= 15 is 0 Å². The molecule has 0 amide bonds. The predicted octanol–water partition coefficient (Wildman–Crippen LogP) is 2.77. The van der Waals surface area contributed by atoms with Crippen molar-refractivity contribution in [2.24, 2.45) is 11.8 Å². The number of ether oxygens (including phenoxy) is 1. The summed E-state index contributed by atoms with van der Waals surface area (Å²) in [6, 6.07) is 0.747. The standard InChI is InChI=1S/C16H29NO3/c1-12(2)13-4-3-5-14(10-13)17-8-6-15(7-9-17)20-11-16(18)19/h12-15H,3-11H2,1-2H3,(H,18,19). The van der Waals surface area contributed by atoms with Gasteiger partial charge >= 0.3 is 5.97 Å². The summed E-state index contributed by atoms with van der Waals surface area (Å²) in [4.78, 5) is 13.1. The molecule has 2 fully saturated rings. The molecule has 0 bridgehead atoms. The van der Waals surface area contributed by atoms with E-state index in [1.165, 1.54) is 25.7 Å². The van der Waals surface area contributed by atoms with E-state index in [9.17, 15) is 4.79 Å². The summed E-state index contributed by atoms with van der Waals surface area (Å²) in [6.45, 7) is 6.68. The Labute approximate surface area is 122 Å². The number of carboxylic acid groups (broad SMARTS) is 1. The molecule has 0 radical (unpaired) electrons. The van der Waals surface area contributed by atoms with Crippen molar-refractivity contribution in [3.63, 3.8) is 0 Å². The fourth-order valence-corrected chi connectivity index (χ4v) is 3.73. The first-order valence-electron chi connectivity index (χ1n) is 8.13. The second-order valence-corrected chi connectivity index (χ2v) is 6.76. The van der Waals surface area contributed by atoms with Crippen molar-refractivity contribution in [2.75, 3.05) is 19.7 Å². The van der Waals surface area contributed by atoms with E-state index in [4.69, 9.17) is 9.84 Å². The first-order chi connectivity index (χ1) is 9.56. The Morgan fingerprint density at radius 3 is 2.55 bits per heavy atom. The summed E-state index contributed by atoms with van der Waals surface area (Å²) in [6.07, 6.45) is 7.55. The fourth-order valence-electron chi connectivity index (χ4n) is 3.73. The maximum atomic E-state index is 10.5. The molecule has 2 unspecified atom stereocenters. The van der Waals surface area contributed by atoms with Gasteiger partial charge in [0.15, 0.2) is 0 Å². The molecule has 2 atom stereocenters. The number of carbonyl (C=O) groups is 1. The normalized spacial score (nSPS) is 29.8. The van der Waals surface area contributed by atoms with Crippen molar-refractivity contribution in [2.45, 2.75) is 64.5 Å². The number of rotatable bonds is 5. The highest BCUT2D eigenvalue weighted by atomic mass is 16.5. The van der Waals surface area contributed by atoms with Gasteiger partial charge in [-0.1, -0.05) is 26.7 Å². The van der Waals surface area contributed by atoms with E-state index in [1.807, 2.05) is 0 Å². The lowest BCUT2D eigenvalue weighted by molar-refractivity contribution is -0.145. The van der Waals surface area contributed by atoms with Crippen LogP contribution in [0.5, 0.6) is 0 Å². The molecular formula is C16H29NO3. The minimum Gasteiger partial charge on any atom is -0.480 e. The Morgan fingerprint density at radius 2 is 1.95 bits per heavy atom. The van der Waals surface area contributed by atoms with Gasteiger partial charge in [-0.05, 0) is 37.5 Å². The molecular weight excluding hydrogens is 254 g/mol. The average Bonchev–Trinajstić information content (AvgIpc) is 2.46. The van der Waals surface area contributed by atoms with E-state index in [0.29, 0.717) is 0 Å². The molecule has 0 spiro atoms. The van der Waals surface area contributed by atoms with Gasteiger partial charge in [0.2, 0.25) is 0 Å². The van der Waals surface area contributed by atoms with Crippen molar-refractivity contribution in [1.29, 1.82) is 0 Å². The lowest BCUT2D eigenvalue weighted by atomic mass is 9.78. The van der Waals surface area contributed by atoms with E-state index in [-0.39, 0.29) is 12.7 Å². The highest BCUT2D eigenvalue weighted by Crippen LogP contribution is 2.33. The van der Waals surface area contributed by atoms with Gasteiger partial charge in [-0.15, -0.1) is 0 Å². The second-order valence-electron chi connectivity index (χ2n) is 6.76. The van der Waals surface area contributed by atoms with Crippen LogP contribution in [0.25, 0.3) is 0 Å². The summed E-state index contributed by atoms with van der Waals surface area (Å²) in [5.74, 6) is 0.823. The molecule has 1 aliphatic heterocycles. The van der Waals surface area contributed by atoms with E-state index in [1.54, 1.807) is 0 Å². The Kier molecular flexibility index (Phi) is 5.85. The molecule has 2 aliphatic rings. The van der Waals surface area contributed by atoms with Gasteiger partial charge in [-0.3, -0.25) is 0 Å². The predicted molar refractivity (Wildman–Crippen MR) is 78.8 cm³/mol. The number of aliphatic carboxylic acids is 1. The topological polar surface area (TPSA) is 49.8 Å². The molecule has 0 aromatic heterocycles. The second kappa shape index (κ2) is 7.41. The van der Waals surface area contributed by atoms with Crippen molar-refractivity contribution in [3.8, 4) is 0 Å². The monoisotopic (exact) mass is 283 g/mol. The number of hydrogen-bond donors (Lipinski definition) is 1. The smallest absolute Gasteiger partial charge is 0.329 e. The minimum atomic E-state index is -0.862. The lowest BCUT2D eigenvalue weighted by Gasteiger charge is -2.42. The zero-order valence-electron chi connectivity index (χ0n) is 12.9. The van der Waals surface area contributed by atoms with Gasteiger partial charge in [0.25, 0.3) is 0 Å². The molecule has 1 saturated heterocycles. The SMILES string of the molecule is CC(C)C1CCCC(N2CCC(OCC(=O)O)CC2)C1. The van der Waals surface area contributed by atoms with Crippen LogP contribution in [-0.4, -0.2) is 47.8 Å². The summed E-state index contributed by atoms with van der Waals surface area (Å²) in [5, 5.41) is 8.65. The highest BCUT2D eigenvalue weighted by Gasteiger charge is 2.30. The third-order valence-corrected chi connectivity index (χ3v) is 5.07. The van der Waals surface area contributed by atoms with Crippen LogP contribution in [0.3, 0.4) is 0 Å². The Balaban J connectivity index is 1.74. The number of likely N-dealkylation sites (tertiary alicyclic amines) is 1. The summed E-state index contributed by atoms with van der Waals surface area (Å²) >= 11 is 0. The van der Waals surface area contributed by atoms with Crippen molar-refractivity contribution in [3.05, 3.63) is 0 Å². The number of carboxylic acids is 1. The quantitative estimate of drug-likeness (QED) is 0.843. The highest BCUT2D eigenvalue weighted by molar-refractivity contribution is 5.68. The molecule has 1 saturated carbocycles. The molecule has 20 heavy (non-hydrogen) atoms. The zero-order valence-corrected chi connectivity index (χ0v) is 12.9. The zero-order chi connectivity index (χ0) is 14.5. The maximum absolute atomic E-state index is 10.5. The summed E-state index contributed by atoms with van der Waals surface area (Å²) in [5.41, 5.74) is 0. The average molecular weight is 283 g/mol. The van der Waals surface area contributed by atoms with Crippen LogP contribution in [0.1, 0.15) is 52.4 Å². The molecule has 0 aromatic carbocycles. The first-order valence-corrected chi connectivity index (χ1v) is 8.13. The van der Waals surface area contributed by atoms with Crippen LogP contribution in [0, 0.1) is 11.8 Å². The summed E-state index contributed by atoms with van der Waals surface area (Å²) in [7, 11) is 0. The molecule has 1 N–H and O–H groups in total. The third-order valence-electron chi connectivity index (χ3n) is 5.07. The van der Waals surface area contributed by atoms with Crippen LogP contribution >= 0.6 is 0 Å². The Bertz CT molecular complexity index is 311. The van der Waals surface area contributed by atoms with E-state index in [0.717, 1.165) is 43.8 Å². The van der Waals surface area contributed by atoms with Gasteiger partial charge in [-0.2, -0.15) is 0 Å². The van der Waals surface area contributed by atoms with E-state index in [2.05, 4.69) is 18.7 Å². The number of piperidine rings is 1. The van der Waals surface area contributed by atoms with Crippen LogP contribution in [0.2, 0.25) is 0 Å². The van der Waals surface area contributed by atoms with E-state index < -0.39 is 5.97 Å². The largest absolute Gasteiger partial charge is 0.480 e. The van der Waals surface area contributed by atoms with Gasteiger partial charge < -0.3 is 14.7 Å². The van der Waals surface area contributed by atoms with Gasteiger partial charge in [0.1, 0.15) is 6.61 Å². The number of nitrogens with zero attached hydrogens (tertiary/aromatic N) is 1. The van der Waals surface area contributed by atoms with Crippen molar-refractivity contribution < 1.29 is 14.6 Å². The van der Waals surface area contributed by atoms with Crippen LogP contribution in [0.15, 0.2) is 0 Å². The molecule has 116 valence electrons. The first kappa shape index (κ1) is 15.8. The Morgan fingerprint density at radius 1 is 1.25 bits per heavy atom. The maximum Gasteiger partial charge on any atom is 0.329 e. The molecule has 1 heterocycles.